The number of anilines is 2. The molecule has 1 N–H and O–H groups in total. The molecule has 0 saturated carbocycles. The van der Waals surface area contributed by atoms with Gasteiger partial charge >= 0.3 is 0 Å². The first kappa shape index (κ1) is 19.1. The van der Waals surface area contributed by atoms with Crippen molar-refractivity contribution in [2.45, 2.75) is 4.90 Å². The molecule has 0 aromatic heterocycles. The number of piperazine rings is 1. The van der Waals surface area contributed by atoms with Gasteiger partial charge in [0.1, 0.15) is 0 Å². The number of nitrogens with zero attached hydrogens (tertiary/aromatic N) is 2. The van der Waals surface area contributed by atoms with E-state index in [1.807, 2.05) is 30.3 Å². The van der Waals surface area contributed by atoms with Crippen LogP contribution in [-0.2, 0) is 10.0 Å². The minimum Gasteiger partial charge on any atom is -0.368 e. The lowest BCUT2D eigenvalue weighted by Crippen LogP contribution is -2.43. The summed E-state index contributed by atoms with van der Waals surface area (Å²) in [6.45, 7) is 3.66. The summed E-state index contributed by atoms with van der Waals surface area (Å²) < 4.78 is 28.1. The summed E-state index contributed by atoms with van der Waals surface area (Å²) in [5.41, 5.74) is 1.64. The van der Waals surface area contributed by atoms with Crippen molar-refractivity contribution in [2.24, 2.45) is 0 Å². The smallest absolute Gasteiger partial charge is 0.264 e. The van der Waals surface area contributed by atoms with Crippen LogP contribution in [0.3, 0.4) is 0 Å². The number of halogens is 1. The second-order valence-corrected chi connectivity index (χ2v) is 9.19. The molecule has 1 aliphatic heterocycles. The third-order valence-corrected chi connectivity index (χ3v) is 7.24. The minimum absolute atomic E-state index is 0.305. The van der Waals surface area contributed by atoms with Crippen LogP contribution in [0.5, 0.6) is 0 Å². The van der Waals surface area contributed by atoms with Crippen LogP contribution >= 0.6 is 11.6 Å². The summed E-state index contributed by atoms with van der Waals surface area (Å²) in [6, 6.07) is 18.1. The van der Waals surface area contributed by atoms with Crippen LogP contribution in [-0.4, -0.2) is 41.6 Å². The lowest BCUT2D eigenvalue weighted by atomic mass is 10.1. The molecule has 0 amide bonds. The highest BCUT2D eigenvalue weighted by Gasteiger charge is 2.25. The Morgan fingerprint density at radius 1 is 0.929 bits per heavy atom. The Kier molecular flexibility index (Phi) is 5.19. The van der Waals surface area contributed by atoms with Crippen LogP contribution in [0.2, 0.25) is 5.02 Å². The van der Waals surface area contributed by atoms with Crippen molar-refractivity contribution in [2.75, 3.05) is 42.4 Å². The fourth-order valence-electron chi connectivity index (χ4n) is 3.60. The highest BCUT2D eigenvalue weighted by Crippen LogP contribution is 2.34. The number of hydrogen-bond donors (Lipinski definition) is 1. The van der Waals surface area contributed by atoms with Gasteiger partial charge in [-0.15, -0.1) is 0 Å². The lowest BCUT2D eigenvalue weighted by molar-refractivity contribution is 0.589. The molecule has 4 rings (SSSR count). The van der Waals surface area contributed by atoms with E-state index in [1.54, 1.807) is 37.4 Å². The number of benzene rings is 3. The second-order valence-electron chi connectivity index (χ2n) is 6.81. The van der Waals surface area contributed by atoms with Crippen LogP contribution in [0.4, 0.5) is 11.4 Å². The first-order valence-corrected chi connectivity index (χ1v) is 11.0. The van der Waals surface area contributed by atoms with Gasteiger partial charge in [0, 0.05) is 54.7 Å². The predicted octanol–water partition coefficient (Wildman–Crippen LogP) is 3.73. The first-order chi connectivity index (χ1) is 13.5. The topological polar surface area (TPSA) is 52.7 Å². The van der Waals surface area contributed by atoms with Gasteiger partial charge in [-0.2, -0.15) is 0 Å². The van der Waals surface area contributed by atoms with Gasteiger partial charge in [0.15, 0.2) is 0 Å². The zero-order valence-electron chi connectivity index (χ0n) is 15.6. The van der Waals surface area contributed by atoms with Crippen molar-refractivity contribution in [3.8, 4) is 0 Å². The molecule has 1 fully saturated rings. The summed E-state index contributed by atoms with van der Waals surface area (Å²) in [4.78, 5) is 2.61. The van der Waals surface area contributed by atoms with Crippen LogP contribution in [0.1, 0.15) is 0 Å². The van der Waals surface area contributed by atoms with Crippen LogP contribution in [0.25, 0.3) is 10.8 Å². The normalized spacial score (nSPS) is 15.0. The zero-order valence-corrected chi connectivity index (χ0v) is 17.2. The van der Waals surface area contributed by atoms with E-state index in [0.29, 0.717) is 15.6 Å². The number of sulfonamides is 1. The Balaban J connectivity index is 1.81. The molecule has 0 spiro atoms. The summed E-state index contributed by atoms with van der Waals surface area (Å²) >= 11 is 5.94. The van der Waals surface area contributed by atoms with E-state index in [4.69, 9.17) is 11.6 Å². The van der Waals surface area contributed by atoms with Crippen LogP contribution in [0.15, 0.2) is 65.6 Å². The summed E-state index contributed by atoms with van der Waals surface area (Å²) in [7, 11) is -2.15. The van der Waals surface area contributed by atoms with Gasteiger partial charge < -0.3 is 10.2 Å². The van der Waals surface area contributed by atoms with Gasteiger partial charge in [-0.3, -0.25) is 4.31 Å². The Bertz CT molecular complexity index is 1090. The third kappa shape index (κ3) is 3.43. The van der Waals surface area contributed by atoms with E-state index < -0.39 is 10.0 Å². The average Bonchev–Trinajstić information content (AvgIpc) is 2.73. The van der Waals surface area contributed by atoms with Gasteiger partial charge in [-0.1, -0.05) is 35.9 Å². The van der Waals surface area contributed by atoms with Gasteiger partial charge in [0.25, 0.3) is 10.0 Å². The highest BCUT2D eigenvalue weighted by molar-refractivity contribution is 7.93. The minimum atomic E-state index is -3.72. The predicted molar refractivity (Wildman–Crippen MR) is 116 cm³/mol. The van der Waals surface area contributed by atoms with Crippen molar-refractivity contribution in [1.29, 1.82) is 0 Å². The Labute approximate surface area is 170 Å². The second kappa shape index (κ2) is 7.62. The molecule has 1 saturated heterocycles. The number of rotatable bonds is 4. The first-order valence-electron chi connectivity index (χ1n) is 9.20. The van der Waals surface area contributed by atoms with E-state index in [2.05, 4.69) is 10.2 Å². The van der Waals surface area contributed by atoms with E-state index in [0.717, 1.165) is 42.6 Å². The standard InChI is InChI=1S/C21H22ClN3O2S/c1-24(17-8-6-16(22)7-9-17)28(26,27)21-11-10-20(25-14-12-23-13-15-25)18-4-2-3-5-19(18)21/h2-11,23H,12-15H2,1H3. The van der Waals surface area contributed by atoms with E-state index in [1.165, 1.54) is 4.31 Å². The van der Waals surface area contributed by atoms with E-state index in [9.17, 15) is 8.42 Å². The van der Waals surface area contributed by atoms with E-state index >= 15 is 0 Å². The van der Waals surface area contributed by atoms with Crippen LogP contribution in [0, 0.1) is 0 Å². The summed E-state index contributed by atoms with van der Waals surface area (Å²) in [5, 5.41) is 5.61. The van der Waals surface area contributed by atoms with Gasteiger partial charge in [0.05, 0.1) is 10.6 Å². The molecule has 146 valence electrons. The molecule has 28 heavy (non-hydrogen) atoms. The maximum Gasteiger partial charge on any atom is 0.264 e. The van der Waals surface area contributed by atoms with Gasteiger partial charge in [-0.25, -0.2) is 8.42 Å². The molecule has 5 nitrogen and oxygen atoms in total. The van der Waals surface area contributed by atoms with Gasteiger partial charge in [-0.05, 0) is 36.4 Å². The molecular weight excluding hydrogens is 394 g/mol. The van der Waals surface area contributed by atoms with Crippen molar-refractivity contribution >= 4 is 43.8 Å². The molecule has 3 aromatic rings. The molecule has 7 heteroatoms. The Morgan fingerprint density at radius 3 is 2.25 bits per heavy atom. The number of hydrogen-bond acceptors (Lipinski definition) is 4. The molecule has 3 aromatic carbocycles. The lowest BCUT2D eigenvalue weighted by Gasteiger charge is -2.31. The maximum atomic E-state index is 13.4. The molecule has 1 aliphatic rings. The summed E-state index contributed by atoms with van der Waals surface area (Å²) in [6.07, 6.45) is 0. The number of nitrogens with one attached hydrogen (secondary N) is 1. The monoisotopic (exact) mass is 415 g/mol. The molecular formula is C21H22ClN3O2S. The molecule has 0 atom stereocenters. The summed E-state index contributed by atoms with van der Waals surface area (Å²) in [5.74, 6) is 0. The average molecular weight is 416 g/mol. The molecule has 0 radical (unpaired) electrons. The third-order valence-electron chi connectivity index (χ3n) is 5.15. The maximum absolute atomic E-state index is 13.4. The van der Waals surface area contributed by atoms with Crippen molar-refractivity contribution < 1.29 is 8.42 Å². The Morgan fingerprint density at radius 2 is 1.57 bits per heavy atom. The SMILES string of the molecule is CN(c1ccc(Cl)cc1)S(=O)(=O)c1ccc(N2CCNCC2)c2ccccc12. The van der Waals surface area contributed by atoms with E-state index in [-0.39, 0.29) is 0 Å². The van der Waals surface area contributed by atoms with Crippen molar-refractivity contribution in [3.63, 3.8) is 0 Å². The van der Waals surface area contributed by atoms with Crippen LogP contribution < -0.4 is 14.5 Å². The molecule has 0 bridgehead atoms. The van der Waals surface area contributed by atoms with Crippen molar-refractivity contribution in [3.05, 3.63) is 65.7 Å². The quantitative estimate of drug-likeness (QED) is 0.705. The largest absolute Gasteiger partial charge is 0.368 e. The highest BCUT2D eigenvalue weighted by atomic mass is 35.5. The molecule has 0 aliphatic carbocycles. The van der Waals surface area contributed by atoms with Crippen molar-refractivity contribution in [1.82, 2.24) is 5.32 Å². The zero-order chi connectivity index (χ0) is 19.7. The fraction of sp³-hybridized carbons (Fsp3) is 0.238. The molecule has 0 unspecified atom stereocenters. The Hall–Kier alpha value is -2.28. The fourth-order valence-corrected chi connectivity index (χ4v) is 5.12. The van der Waals surface area contributed by atoms with Gasteiger partial charge in [0.2, 0.25) is 0 Å². The molecule has 1 heterocycles. The number of fused-ring (bicyclic) bond motifs is 1.